The molecule has 0 saturated carbocycles. The topological polar surface area (TPSA) is 77.3 Å². The molecule has 0 aromatic heterocycles. The summed E-state index contributed by atoms with van der Waals surface area (Å²) in [5, 5.41) is 10.6. The fourth-order valence-electron chi connectivity index (χ4n) is 1.54. The van der Waals surface area contributed by atoms with Crippen molar-refractivity contribution in [2.24, 2.45) is 0 Å². The molecule has 19 heavy (non-hydrogen) atoms. The molecule has 0 heterocycles. The van der Waals surface area contributed by atoms with Crippen molar-refractivity contribution in [3.8, 4) is 0 Å². The van der Waals surface area contributed by atoms with Crippen molar-refractivity contribution in [3.05, 3.63) is 63.7 Å². The third-order valence-corrected chi connectivity index (χ3v) is 4.72. The normalized spacial score (nSPS) is 11.2. The Balaban J connectivity index is 2.65. The Hall–Kier alpha value is -1.92. The third-order valence-electron chi connectivity index (χ3n) is 2.47. The molecule has 0 amide bonds. The molecule has 0 bridgehead atoms. The predicted octanol–water partition coefficient (Wildman–Crippen LogP) is 3.08. The van der Waals surface area contributed by atoms with Gasteiger partial charge in [-0.2, -0.15) is 0 Å². The molecule has 2 aromatic carbocycles. The van der Waals surface area contributed by atoms with Crippen molar-refractivity contribution >= 4 is 27.1 Å². The minimum absolute atomic E-state index is 0.0393. The van der Waals surface area contributed by atoms with E-state index in [1.807, 2.05) is 0 Å². The second-order valence-corrected chi connectivity index (χ2v) is 6.01. The van der Waals surface area contributed by atoms with Crippen LogP contribution in [0.5, 0.6) is 0 Å². The van der Waals surface area contributed by atoms with Gasteiger partial charge < -0.3 is 0 Å². The quantitative estimate of drug-likeness (QED) is 0.644. The second kappa shape index (κ2) is 4.99. The van der Waals surface area contributed by atoms with E-state index in [2.05, 4.69) is 0 Å². The summed E-state index contributed by atoms with van der Waals surface area (Å²) in [7, 11) is -3.86. The number of non-ortho nitro benzene ring substituents is 1. The number of hydrogen-bond donors (Lipinski definition) is 0. The van der Waals surface area contributed by atoms with E-state index in [1.165, 1.54) is 18.2 Å². The lowest BCUT2D eigenvalue weighted by Gasteiger charge is -2.06. The van der Waals surface area contributed by atoms with Crippen LogP contribution in [-0.4, -0.2) is 13.3 Å². The summed E-state index contributed by atoms with van der Waals surface area (Å²) in [4.78, 5) is 9.80. The first-order chi connectivity index (χ1) is 8.93. The zero-order valence-electron chi connectivity index (χ0n) is 9.49. The van der Waals surface area contributed by atoms with Crippen LogP contribution in [0, 0.1) is 10.1 Å². The van der Waals surface area contributed by atoms with Crippen LogP contribution >= 0.6 is 11.6 Å². The van der Waals surface area contributed by atoms with Gasteiger partial charge in [0.25, 0.3) is 5.69 Å². The van der Waals surface area contributed by atoms with Crippen molar-refractivity contribution in [2.45, 2.75) is 9.79 Å². The molecule has 0 spiro atoms. The lowest BCUT2D eigenvalue weighted by molar-refractivity contribution is -0.385. The lowest BCUT2D eigenvalue weighted by atomic mass is 10.3. The SMILES string of the molecule is O=[N+]([O-])c1ccc(Cl)c(S(=O)(=O)c2ccccc2)c1. The molecule has 7 heteroatoms. The molecular formula is C12H8ClNO4S. The molecule has 0 N–H and O–H groups in total. The van der Waals surface area contributed by atoms with Gasteiger partial charge in [0.05, 0.1) is 19.7 Å². The van der Waals surface area contributed by atoms with Gasteiger partial charge >= 0.3 is 0 Å². The van der Waals surface area contributed by atoms with Gasteiger partial charge in [0.1, 0.15) is 0 Å². The van der Waals surface area contributed by atoms with Gasteiger partial charge in [0.15, 0.2) is 0 Å². The van der Waals surface area contributed by atoms with Gasteiger partial charge in [-0.25, -0.2) is 8.42 Å². The highest BCUT2D eigenvalue weighted by Gasteiger charge is 2.23. The van der Waals surface area contributed by atoms with E-state index in [-0.39, 0.29) is 20.5 Å². The lowest BCUT2D eigenvalue weighted by Crippen LogP contribution is -2.03. The van der Waals surface area contributed by atoms with Gasteiger partial charge in [0, 0.05) is 12.1 Å². The summed E-state index contributed by atoms with van der Waals surface area (Å²) in [6.45, 7) is 0. The molecular weight excluding hydrogens is 290 g/mol. The van der Waals surface area contributed by atoms with Crippen LogP contribution in [-0.2, 0) is 9.84 Å². The van der Waals surface area contributed by atoms with E-state index in [0.717, 1.165) is 12.1 Å². The molecule has 98 valence electrons. The van der Waals surface area contributed by atoms with E-state index >= 15 is 0 Å². The first-order valence-corrected chi connectivity index (χ1v) is 7.03. The minimum atomic E-state index is -3.86. The molecule has 0 atom stereocenters. The average molecular weight is 298 g/mol. The summed E-state index contributed by atoms with van der Waals surface area (Å²) < 4.78 is 24.6. The van der Waals surface area contributed by atoms with Crippen molar-refractivity contribution in [1.29, 1.82) is 0 Å². The number of sulfone groups is 1. The molecule has 2 aromatic rings. The maximum atomic E-state index is 12.3. The van der Waals surface area contributed by atoms with Crippen molar-refractivity contribution in [1.82, 2.24) is 0 Å². The van der Waals surface area contributed by atoms with Crippen LogP contribution in [0.3, 0.4) is 0 Å². The van der Waals surface area contributed by atoms with Crippen molar-refractivity contribution in [2.75, 3.05) is 0 Å². The van der Waals surface area contributed by atoms with Crippen LogP contribution in [0.15, 0.2) is 58.3 Å². The molecule has 5 nitrogen and oxygen atoms in total. The fourth-order valence-corrected chi connectivity index (χ4v) is 3.33. The molecule has 0 aliphatic carbocycles. The number of hydrogen-bond acceptors (Lipinski definition) is 4. The maximum absolute atomic E-state index is 12.3. The second-order valence-electron chi connectivity index (χ2n) is 3.69. The summed E-state index contributed by atoms with van der Waals surface area (Å²) in [6.07, 6.45) is 0. The van der Waals surface area contributed by atoms with Gasteiger partial charge in [-0.15, -0.1) is 0 Å². The van der Waals surface area contributed by atoms with Gasteiger partial charge in [-0.1, -0.05) is 29.8 Å². The Labute approximate surface area is 114 Å². The molecule has 0 aliphatic heterocycles. The molecule has 2 rings (SSSR count). The summed E-state index contributed by atoms with van der Waals surface area (Å²) in [5.41, 5.74) is -0.320. The highest BCUT2D eigenvalue weighted by Crippen LogP contribution is 2.30. The zero-order valence-corrected chi connectivity index (χ0v) is 11.1. The summed E-state index contributed by atoms with van der Waals surface area (Å²) in [6, 6.07) is 11.0. The molecule has 0 radical (unpaired) electrons. The first kappa shape index (κ1) is 13.5. The van der Waals surface area contributed by atoms with Crippen LogP contribution in [0.1, 0.15) is 0 Å². The van der Waals surface area contributed by atoms with E-state index in [4.69, 9.17) is 11.6 Å². The molecule has 0 unspecified atom stereocenters. The summed E-state index contributed by atoms with van der Waals surface area (Å²) >= 11 is 5.83. The maximum Gasteiger partial charge on any atom is 0.270 e. The monoisotopic (exact) mass is 297 g/mol. The first-order valence-electron chi connectivity index (χ1n) is 5.17. The van der Waals surface area contributed by atoms with Gasteiger partial charge in [-0.3, -0.25) is 10.1 Å². The number of halogens is 1. The Morgan fingerprint density at radius 1 is 1.05 bits per heavy atom. The van der Waals surface area contributed by atoms with Crippen LogP contribution < -0.4 is 0 Å². The van der Waals surface area contributed by atoms with E-state index in [0.29, 0.717) is 0 Å². The fraction of sp³-hybridized carbons (Fsp3) is 0. The highest BCUT2D eigenvalue weighted by molar-refractivity contribution is 7.91. The Morgan fingerprint density at radius 2 is 1.68 bits per heavy atom. The number of nitro benzene ring substituents is 1. The largest absolute Gasteiger partial charge is 0.270 e. The number of nitro groups is 1. The molecule has 0 aliphatic rings. The number of nitrogens with zero attached hydrogens (tertiary/aromatic N) is 1. The van der Waals surface area contributed by atoms with Gasteiger partial charge in [0.2, 0.25) is 9.84 Å². The minimum Gasteiger partial charge on any atom is -0.258 e. The number of benzene rings is 2. The van der Waals surface area contributed by atoms with Crippen LogP contribution in [0.4, 0.5) is 5.69 Å². The molecule has 0 fully saturated rings. The summed E-state index contributed by atoms with van der Waals surface area (Å²) in [5.74, 6) is 0. The average Bonchev–Trinajstić information content (AvgIpc) is 2.39. The van der Waals surface area contributed by atoms with Crippen molar-refractivity contribution in [3.63, 3.8) is 0 Å². The zero-order chi connectivity index (χ0) is 14.0. The number of rotatable bonds is 3. The highest BCUT2D eigenvalue weighted by atomic mass is 35.5. The van der Waals surface area contributed by atoms with Crippen LogP contribution in [0.25, 0.3) is 0 Å². The van der Waals surface area contributed by atoms with Crippen molar-refractivity contribution < 1.29 is 13.3 Å². The Bertz CT molecular complexity index is 729. The Morgan fingerprint density at radius 3 is 2.26 bits per heavy atom. The standard InChI is InChI=1S/C12H8ClNO4S/c13-11-7-6-9(14(15)16)8-12(11)19(17,18)10-4-2-1-3-5-10/h1-8H. The van der Waals surface area contributed by atoms with E-state index in [9.17, 15) is 18.5 Å². The predicted molar refractivity (Wildman–Crippen MR) is 70.0 cm³/mol. The van der Waals surface area contributed by atoms with E-state index < -0.39 is 14.8 Å². The molecule has 0 saturated heterocycles. The van der Waals surface area contributed by atoms with Gasteiger partial charge in [-0.05, 0) is 18.2 Å². The van der Waals surface area contributed by atoms with Crippen LogP contribution in [0.2, 0.25) is 5.02 Å². The Kier molecular flexibility index (Phi) is 3.55. The third kappa shape index (κ3) is 2.59. The smallest absolute Gasteiger partial charge is 0.258 e. The van der Waals surface area contributed by atoms with E-state index in [1.54, 1.807) is 18.2 Å².